The summed E-state index contributed by atoms with van der Waals surface area (Å²) in [7, 11) is 0. The largest absolute Gasteiger partial charge is 0.327 e. The van der Waals surface area contributed by atoms with E-state index in [9.17, 15) is 0 Å². The van der Waals surface area contributed by atoms with Crippen molar-refractivity contribution in [2.24, 2.45) is 23.5 Å². The maximum Gasteiger partial charge on any atom is 0.0101 e. The molecule has 0 radical (unpaired) electrons. The summed E-state index contributed by atoms with van der Waals surface area (Å²) in [5.74, 6) is 2.76. The first-order valence-electron chi connectivity index (χ1n) is 6.23. The second-order valence-corrected chi connectivity index (χ2v) is 5.85. The Kier molecular flexibility index (Phi) is 2.10. The fraction of sp³-hybridized carbons (Fsp3) is 1.00. The lowest BCUT2D eigenvalue weighted by molar-refractivity contribution is 0.101. The number of nitrogens with two attached hydrogens (primary N) is 1. The van der Waals surface area contributed by atoms with Gasteiger partial charge in [-0.3, -0.25) is 4.90 Å². The summed E-state index contributed by atoms with van der Waals surface area (Å²) in [6, 6.07) is 1.44. The van der Waals surface area contributed by atoms with Crippen LogP contribution in [-0.2, 0) is 0 Å². The maximum atomic E-state index is 6.14. The quantitative estimate of drug-likeness (QED) is 0.684. The number of likely N-dealkylation sites (tertiary alicyclic amines) is 1. The zero-order valence-corrected chi connectivity index (χ0v) is 9.15. The van der Waals surface area contributed by atoms with Crippen LogP contribution in [0.4, 0.5) is 0 Å². The van der Waals surface area contributed by atoms with Gasteiger partial charge in [0.2, 0.25) is 0 Å². The van der Waals surface area contributed by atoms with Crippen molar-refractivity contribution in [2.45, 2.75) is 44.7 Å². The van der Waals surface area contributed by atoms with Crippen LogP contribution in [0.2, 0.25) is 0 Å². The molecule has 2 saturated carbocycles. The van der Waals surface area contributed by atoms with Crippen molar-refractivity contribution in [2.75, 3.05) is 13.1 Å². The molecule has 0 spiro atoms. The molecule has 14 heavy (non-hydrogen) atoms. The molecule has 2 nitrogen and oxygen atoms in total. The summed E-state index contributed by atoms with van der Waals surface area (Å²) in [6.07, 6.45) is 5.55. The summed E-state index contributed by atoms with van der Waals surface area (Å²) in [4.78, 5) is 2.73. The van der Waals surface area contributed by atoms with E-state index in [1.54, 1.807) is 0 Å². The van der Waals surface area contributed by atoms with E-state index in [-0.39, 0.29) is 0 Å². The molecule has 3 unspecified atom stereocenters. The van der Waals surface area contributed by atoms with Crippen LogP contribution in [0.5, 0.6) is 0 Å². The first-order chi connectivity index (χ1) is 6.74. The Labute approximate surface area is 86.8 Å². The van der Waals surface area contributed by atoms with Crippen molar-refractivity contribution < 1.29 is 0 Å². The van der Waals surface area contributed by atoms with Gasteiger partial charge in [-0.1, -0.05) is 6.92 Å². The van der Waals surface area contributed by atoms with Crippen molar-refractivity contribution >= 4 is 0 Å². The van der Waals surface area contributed by atoms with Gasteiger partial charge in [0, 0.05) is 25.2 Å². The van der Waals surface area contributed by atoms with Crippen LogP contribution in [0.25, 0.3) is 0 Å². The molecule has 1 heterocycles. The summed E-state index contributed by atoms with van der Waals surface area (Å²) in [6.45, 7) is 5.04. The third kappa shape index (κ3) is 1.31. The minimum absolute atomic E-state index is 0.516. The number of hydrogen-bond acceptors (Lipinski definition) is 2. The van der Waals surface area contributed by atoms with Gasteiger partial charge in [0.05, 0.1) is 0 Å². The summed E-state index contributed by atoms with van der Waals surface area (Å²) in [5, 5.41) is 0. The number of nitrogens with zero attached hydrogens (tertiary/aromatic N) is 1. The second kappa shape index (κ2) is 3.21. The monoisotopic (exact) mass is 194 g/mol. The lowest BCUT2D eigenvalue weighted by atomic mass is 9.81. The van der Waals surface area contributed by atoms with Crippen LogP contribution in [0.15, 0.2) is 0 Å². The van der Waals surface area contributed by atoms with Gasteiger partial charge in [-0.15, -0.1) is 0 Å². The maximum absolute atomic E-state index is 6.14. The van der Waals surface area contributed by atoms with Crippen LogP contribution >= 0.6 is 0 Å². The van der Waals surface area contributed by atoms with E-state index in [0.717, 1.165) is 23.8 Å². The highest BCUT2D eigenvalue weighted by molar-refractivity contribution is 4.99. The van der Waals surface area contributed by atoms with E-state index in [1.165, 1.54) is 38.8 Å². The minimum atomic E-state index is 0.516. The molecule has 80 valence electrons. The highest BCUT2D eigenvalue weighted by Gasteiger charge is 2.44. The lowest BCUT2D eigenvalue weighted by Crippen LogP contribution is -2.43. The zero-order valence-electron chi connectivity index (χ0n) is 9.15. The van der Waals surface area contributed by atoms with E-state index < -0.39 is 0 Å². The van der Waals surface area contributed by atoms with Gasteiger partial charge in [0.15, 0.2) is 0 Å². The zero-order chi connectivity index (χ0) is 9.71. The molecular formula is C12H22N2. The average molecular weight is 194 g/mol. The van der Waals surface area contributed by atoms with Crippen molar-refractivity contribution in [1.29, 1.82) is 0 Å². The van der Waals surface area contributed by atoms with Gasteiger partial charge in [-0.2, -0.15) is 0 Å². The molecule has 2 aliphatic carbocycles. The first-order valence-corrected chi connectivity index (χ1v) is 6.23. The van der Waals surface area contributed by atoms with Gasteiger partial charge in [0.25, 0.3) is 0 Å². The molecule has 0 aromatic rings. The van der Waals surface area contributed by atoms with Crippen molar-refractivity contribution in [1.82, 2.24) is 4.90 Å². The van der Waals surface area contributed by atoms with E-state index in [4.69, 9.17) is 5.73 Å². The van der Waals surface area contributed by atoms with E-state index >= 15 is 0 Å². The highest BCUT2D eigenvalue weighted by atomic mass is 15.2. The van der Waals surface area contributed by atoms with Crippen molar-refractivity contribution in [3.8, 4) is 0 Å². The van der Waals surface area contributed by atoms with Crippen LogP contribution in [0.3, 0.4) is 0 Å². The smallest absolute Gasteiger partial charge is 0.0101 e. The Morgan fingerprint density at radius 1 is 1.14 bits per heavy atom. The van der Waals surface area contributed by atoms with Crippen LogP contribution in [-0.4, -0.2) is 30.1 Å². The van der Waals surface area contributed by atoms with E-state index in [2.05, 4.69) is 11.8 Å². The Morgan fingerprint density at radius 3 is 2.57 bits per heavy atom. The third-order valence-corrected chi connectivity index (χ3v) is 4.81. The molecule has 0 bridgehead atoms. The molecule has 1 saturated heterocycles. The summed E-state index contributed by atoms with van der Waals surface area (Å²) >= 11 is 0. The molecule has 0 aromatic carbocycles. The SMILES string of the molecule is CC1CC(N2CC3CCC(N)C3C2)C1. The summed E-state index contributed by atoms with van der Waals surface area (Å²) in [5.41, 5.74) is 6.14. The fourth-order valence-corrected chi connectivity index (χ4v) is 3.80. The average Bonchev–Trinajstić information content (AvgIpc) is 2.63. The van der Waals surface area contributed by atoms with Gasteiger partial charge in [-0.25, -0.2) is 0 Å². The van der Waals surface area contributed by atoms with Crippen molar-refractivity contribution in [3.05, 3.63) is 0 Å². The molecular weight excluding hydrogens is 172 g/mol. The molecule has 3 aliphatic rings. The molecule has 2 heteroatoms. The Hall–Kier alpha value is -0.0800. The number of rotatable bonds is 1. The normalized spacial score (nSPS) is 53.1. The van der Waals surface area contributed by atoms with Crippen molar-refractivity contribution in [3.63, 3.8) is 0 Å². The second-order valence-electron chi connectivity index (χ2n) is 5.85. The minimum Gasteiger partial charge on any atom is -0.327 e. The van der Waals surface area contributed by atoms with E-state index in [0.29, 0.717) is 6.04 Å². The first kappa shape index (κ1) is 9.17. The van der Waals surface area contributed by atoms with Crippen LogP contribution in [0, 0.1) is 17.8 Å². The molecule has 2 N–H and O–H groups in total. The van der Waals surface area contributed by atoms with Crippen LogP contribution < -0.4 is 5.73 Å². The standard InChI is InChI=1S/C12H22N2/c1-8-4-10(5-8)14-6-9-2-3-12(13)11(9)7-14/h8-12H,2-7,13H2,1H3. The van der Waals surface area contributed by atoms with Gasteiger partial charge in [-0.05, 0) is 43.4 Å². The molecule has 1 aliphatic heterocycles. The van der Waals surface area contributed by atoms with E-state index in [1.807, 2.05) is 0 Å². The molecule has 0 aromatic heterocycles. The Bertz CT molecular complexity index is 222. The van der Waals surface area contributed by atoms with Crippen LogP contribution in [0.1, 0.15) is 32.6 Å². The van der Waals surface area contributed by atoms with Gasteiger partial charge < -0.3 is 5.73 Å². The highest BCUT2D eigenvalue weighted by Crippen LogP contribution is 2.41. The van der Waals surface area contributed by atoms with Gasteiger partial charge >= 0.3 is 0 Å². The Balaban J connectivity index is 1.60. The molecule has 3 rings (SSSR count). The fourth-order valence-electron chi connectivity index (χ4n) is 3.80. The topological polar surface area (TPSA) is 29.3 Å². The lowest BCUT2D eigenvalue weighted by Gasteiger charge is -2.40. The molecule has 0 amide bonds. The predicted octanol–water partition coefficient (Wildman–Crippen LogP) is 1.45. The third-order valence-electron chi connectivity index (χ3n) is 4.81. The number of hydrogen-bond donors (Lipinski definition) is 1. The molecule has 3 fully saturated rings. The predicted molar refractivity (Wildman–Crippen MR) is 57.9 cm³/mol. The van der Waals surface area contributed by atoms with Gasteiger partial charge in [0.1, 0.15) is 0 Å². The number of fused-ring (bicyclic) bond motifs is 1. The molecule has 3 atom stereocenters. The summed E-state index contributed by atoms with van der Waals surface area (Å²) < 4.78 is 0. The Morgan fingerprint density at radius 2 is 1.93 bits per heavy atom.